The number of alkyl halides is 1. The molecule has 0 atom stereocenters. The van der Waals surface area contributed by atoms with E-state index < -0.39 is 10.0 Å². The second-order valence-corrected chi connectivity index (χ2v) is 6.45. The second-order valence-electron chi connectivity index (χ2n) is 4.15. The van der Waals surface area contributed by atoms with Crippen LogP contribution in [0.15, 0.2) is 0 Å². The van der Waals surface area contributed by atoms with E-state index in [-0.39, 0.29) is 5.75 Å². The van der Waals surface area contributed by atoms with Crippen LogP contribution in [0.25, 0.3) is 0 Å². The third kappa shape index (κ3) is 10.5. The van der Waals surface area contributed by atoms with Crippen molar-refractivity contribution in [2.45, 2.75) is 39.5 Å². The number of hydrogen-bond donors (Lipinski definition) is 1. The maximum absolute atomic E-state index is 11.3. The lowest BCUT2D eigenvalue weighted by molar-refractivity contribution is 0.530. The second kappa shape index (κ2) is 8.36. The van der Waals surface area contributed by atoms with Crippen molar-refractivity contribution in [1.82, 2.24) is 4.72 Å². The summed E-state index contributed by atoms with van der Waals surface area (Å²) in [5.74, 6) is 1.23. The predicted molar refractivity (Wildman–Crippen MR) is 65.8 cm³/mol. The lowest BCUT2D eigenvalue weighted by Gasteiger charge is -2.06. The van der Waals surface area contributed by atoms with Crippen molar-refractivity contribution >= 4 is 21.6 Å². The van der Waals surface area contributed by atoms with Gasteiger partial charge in [0.05, 0.1) is 5.75 Å². The molecule has 0 aromatic carbocycles. The van der Waals surface area contributed by atoms with E-state index in [1.54, 1.807) is 0 Å². The van der Waals surface area contributed by atoms with Crippen LogP contribution in [0.2, 0.25) is 0 Å². The van der Waals surface area contributed by atoms with Gasteiger partial charge in [-0.05, 0) is 18.8 Å². The molecule has 1 N–H and O–H groups in total. The average molecular weight is 256 g/mol. The van der Waals surface area contributed by atoms with E-state index >= 15 is 0 Å². The molecule has 0 unspecified atom stereocenters. The van der Waals surface area contributed by atoms with E-state index in [9.17, 15) is 8.42 Å². The molecule has 5 heteroatoms. The molecule has 0 spiro atoms. The van der Waals surface area contributed by atoms with E-state index in [0.717, 1.165) is 19.3 Å². The first-order chi connectivity index (χ1) is 6.98. The highest BCUT2D eigenvalue weighted by atomic mass is 35.5. The van der Waals surface area contributed by atoms with Gasteiger partial charge in [-0.15, -0.1) is 11.6 Å². The van der Waals surface area contributed by atoms with Gasteiger partial charge < -0.3 is 0 Å². The molecule has 0 aromatic heterocycles. The molecule has 0 saturated heterocycles. The Morgan fingerprint density at radius 1 is 1.20 bits per heavy atom. The minimum Gasteiger partial charge on any atom is -0.215 e. The van der Waals surface area contributed by atoms with Gasteiger partial charge in [-0.3, -0.25) is 0 Å². The SMILES string of the molecule is CC(C)CCCCNS(=O)(=O)CCCCl. The summed E-state index contributed by atoms with van der Waals surface area (Å²) in [6, 6.07) is 0. The summed E-state index contributed by atoms with van der Waals surface area (Å²) < 4.78 is 25.2. The molecule has 0 heterocycles. The Morgan fingerprint density at radius 2 is 1.87 bits per heavy atom. The normalized spacial score (nSPS) is 12.3. The number of hydrogen-bond acceptors (Lipinski definition) is 2. The first-order valence-electron chi connectivity index (χ1n) is 5.51. The maximum atomic E-state index is 11.3. The molecule has 15 heavy (non-hydrogen) atoms. The van der Waals surface area contributed by atoms with E-state index in [1.807, 2.05) is 0 Å². The van der Waals surface area contributed by atoms with E-state index in [4.69, 9.17) is 11.6 Å². The van der Waals surface area contributed by atoms with Crippen LogP contribution in [0.5, 0.6) is 0 Å². The van der Waals surface area contributed by atoms with Gasteiger partial charge >= 0.3 is 0 Å². The van der Waals surface area contributed by atoms with Crippen LogP contribution in [0.4, 0.5) is 0 Å². The minimum absolute atomic E-state index is 0.140. The zero-order chi connectivity index (χ0) is 11.7. The molecule has 0 saturated carbocycles. The molecule has 0 aliphatic carbocycles. The Kier molecular flexibility index (Phi) is 8.47. The van der Waals surface area contributed by atoms with Crippen LogP contribution in [0, 0.1) is 5.92 Å². The summed E-state index contributed by atoms with van der Waals surface area (Å²) in [5.41, 5.74) is 0. The van der Waals surface area contributed by atoms with E-state index in [2.05, 4.69) is 18.6 Å². The third-order valence-electron chi connectivity index (χ3n) is 2.08. The van der Waals surface area contributed by atoms with E-state index in [0.29, 0.717) is 24.8 Å². The average Bonchev–Trinajstić information content (AvgIpc) is 2.14. The van der Waals surface area contributed by atoms with Gasteiger partial charge in [-0.2, -0.15) is 0 Å². The van der Waals surface area contributed by atoms with Crippen molar-refractivity contribution in [3.05, 3.63) is 0 Å². The standard InChI is InChI=1S/C10H22ClNO2S/c1-10(2)6-3-4-8-12-15(13,14)9-5-7-11/h10,12H,3-9H2,1-2H3. The Hall–Kier alpha value is 0.200. The summed E-state index contributed by atoms with van der Waals surface area (Å²) in [6.45, 7) is 4.90. The van der Waals surface area contributed by atoms with Gasteiger partial charge in [0, 0.05) is 12.4 Å². The number of unbranched alkanes of at least 4 members (excludes halogenated alkanes) is 1. The Bertz CT molecular complexity index is 240. The molecule has 0 aromatic rings. The van der Waals surface area contributed by atoms with E-state index in [1.165, 1.54) is 0 Å². The monoisotopic (exact) mass is 255 g/mol. The molecule has 0 rings (SSSR count). The molecule has 0 aliphatic heterocycles. The van der Waals surface area contributed by atoms with Crippen LogP contribution < -0.4 is 4.72 Å². The molecule has 92 valence electrons. The molecule has 0 radical (unpaired) electrons. The Morgan fingerprint density at radius 3 is 2.40 bits per heavy atom. The summed E-state index contributed by atoms with van der Waals surface area (Å²) in [4.78, 5) is 0. The lowest BCUT2D eigenvalue weighted by Crippen LogP contribution is -2.27. The first-order valence-corrected chi connectivity index (χ1v) is 7.70. The number of halogens is 1. The van der Waals surface area contributed by atoms with Crippen LogP contribution >= 0.6 is 11.6 Å². The van der Waals surface area contributed by atoms with Gasteiger partial charge in [0.2, 0.25) is 10.0 Å². The zero-order valence-corrected chi connectivity index (χ0v) is 11.2. The van der Waals surface area contributed by atoms with Gasteiger partial charge in [-0.1, -0.05) is 26.7 Å². The minimum atomic E-state index is -3.08. The van der Waals surface area contributed by atoms with Gasteiger partial charge in [0.25, 0.3) is 0 Å². The highest BCUT2D eigenvalue weighted by molar-refractivity contribution is 7.89. The predicted octanol–water partition coefficient (Wildman–Crippen LogP) is 2.36. The summed E-state index contributed by atoms with van der Waals surface area (Å²) in [5, 5.41) is 0. The quantitative estimate of drug-likeness (QED) is 0.508. The fraction of sp³-hybridized carbons (Fsp3) is 1.00. The van der Waals surface area contributed by atoms with Gasteiger partial charge in [0.1, 0.15) is 0 Å². The summed E-state index contributed by atoms with van der Waals surface area (Å²) in [7, 11) is -3.08. The van der Waals surface area contributed by atoms with Gasteiger partial charge in [-0.25, -0.2) is 13.1 Å². The third-order valence-corrected chi connectivity index (χ3v) is 3.81. The summed E-state index contributed by atoms with van der Waals surface area (Å²) >= 11 is 5.43. The van der Waals surface area contributed by atoms with Crippen molar-refractivity contribution in [3.63, 3.8) is 0 Å². The smallest absolute Gasteiger partial charge is 0.211 e. The lowest BCUT2D eigenvalue weighted by atomic mass is 10.1. The van der Waals surface area contributed by atoms with Crippen LogP contribution in [0.3, 0.4) is 0 Å². The Labute approximate surface area is 98.6 Å². The van der Waals surface area contributed by atoms with Gasteiger partial charge in [0.15, 0.2) is 0 Å². The molecular weight excluding hydrogens is 234 g/mol. The maximum Gasteiger partial charge on any atom is 0.211 e. The molecular formula is C10H22ClNO2S. The Balaban J connectivity index is 3.49. The highest BCUT2D eigenvalue weighted by Crippen LogP contribution is 2.05. The van der Waals surface area contributed by atoms with Crippen molar-refractivity contribution in [2.75, 3.05) is 18.2 Å². The molecule has 3 nitrogen and oxygen atoms in total. The first kappa shape index (κ1) is 15.2. The fourth-order valence-electron chi connectivity index (χ4n) is 1.22. The number of nitrogens with one attached hydrogen (secondary N) is 1. The largest absolute Gasteiger partial charge is 0.215 e. The molecule has 0 amide bonds. The van der Waals surface area contributed by atoms with Crippen LogP contribution in [-0.4, -0.2) is 26.6 Å². The van der Waals surface area contributed by atoms with Crippen molar-refractivity contribution in [1.29, 1.82) is 0 Å². The summed E-state index contributed by atoms with van der Waals surface area (Å²) in [6.07, 6.45) is 3.67. The van der Waals surface area contributed by atoms with Crippen LogP contribution in [0.1, 0.15) is 39.5 Å². The van der Waals surface area contributed by atoms with Crippen molar-refractivity contribution in [3.8, 4) is 0 Å². The molecule has 0 bridgehead atoms. The zero-order valence-electron chi connectivity index (χ0n) is 9.63. The van der Waals surface area contributed by atoms with Crippen LogP contribution in [-0.2, 0) is 10.0 Å². The molecule has 0 aliphatic rings. The number of rotatable bonds is 9. The number of sulfonamides is 1. The van der Waals surface area contributed by atoms with Crippen molar-refractivity contribution < 1.29 is 8.42 Å². The topological polar surface area (TPSA) is 46.2 Å². The highest BCUT2D eigenvalue weighted by Gasteiger charge is 2.07. The van der Waals surface area contributed by atoms with Crippen molar-refractivity contribution in [2.24, 2.45) is 5.92 Å². The fourth-order valence-corrected chi connectivity index (χ4v) is 2.64. The molecule has 0 fully saturated rings.